The van der Waals surface area contributed by atoms with E-state index in [1.165, 1.54) is 13.0 Å². The molecule has 0 aliphatic heterocycles. The summed E-state index contributed by atoms with van der Waals surface area (Å²) in [6.07, 6.45) is 1.06. The van der Waals surface area contributed by atoms with E-state index >= 15 is 0 Å². The zero-order valence-corrected chi connectivity index (χ0v) is 10.3. The van der Waals surface area contributed by atoms with Crippen LogP contribution in [0.3, 0.4) is 0 Å². The third-order valence-corrected chi connectivity index (χ3v) is 4.25. The maximum absolute atomic E-state index is 13.0. The Morgan fingerprint density at radius 3 is 2.29 bits per heavy atom. The molecule has 0 bridgehead atoms. The van der Waals surface area contributed by atoms with Gasteiger partial charge in [-0.2, -0.15) is 0 Å². The van der Waals surface area contributed by atoms with Crippen molar-refractivity contribution in [3.63, 3.8) is 0 Å². The summed E-state index contributed by atoms with van der Waals surface area (Å²) < 4.78 is 48.6. The van der Waals surface area contributed by atoms with Crippen LogP contribution in [0.25, 0.3) is 0 Å². The van der Waals surface area contributed by atoms with Gasteiger partial charge in [-0.05, 0) is 24.6 Å². The molecule has 1 rings (SSSR count). The highest BCUT2D eigenvalue weighted by Crippen LogP contribution is 2.22. The highest BCUT2D eigenvalue weighted by atomic mass is 32.2. The SMILES string of the molecule is CC(C(NN)c1ccc(F)c(F)c1)S(C)(=O)=O. The van der Waals surface area contributed by atoms with Gasteiger partial charge in [-0.1, -0.05) is 6.07 Å². The van der Waals surface area contributed by atoms with E-state index in [-0.39, 0.29) is 5.56 Å². The second-order valence-electron chi connectivity index (χ2n) is 3.85. The van der Waals surface area contributed by atoms with Gasteiger partial charge < -0.3 is 0 Å². The Morgan fingerprint density at radius 2 is 1.88 bits per heavy atom. The average Bonchev–Trinajstić information content (AvgIpc) is 2.23. The van der Waals surface area contributed by atoms with Crippen LogP contribution in [0.2, 0.25) is 0 Å². The molecule has 0 heterocycles. The number of nitrogens with two attached hydrogens (primary N) is 1. The van der Waals surface area contributed by atoms with Crippen molar-refractivity contribution in [3.05, 3.63) is 35.4 Å². The van der Waals surface area contributed by atoms with Crippen LogP contribution in [-0.4, -0.2) is 19.9 Å². The third kappa shape index (κ3) is 3.21. The van der Waals surface area contributed by atoms with Gasteiger partial charge in [0.05, 0.1) is 11.3 Å². The van der Waals surface area contributed by atoms with Crippen LogP contribution in [0.4, 0.5) is 8.78 Å². The highest BCUT2D eigenvalue weighted by molar-refractivity contribution is 7.91. The smallest absolute Gasteiger partial charge is 0.159 e. The number of hydrazine groups is 1. The Hall–Kier alpha value is -1.05. The standard InChI is InChI=1S/C10H14F2N2O2S/c1-6(17(2,15)16)10(14-13)7-3-4-8(11)9(12)5-7/h3-6,10,14H,13H2,1-2H3. The fourth-order valence-electron chi connectivity index (χ4n) is 1.46. The van der Waals surface area contributed by atoms with Crippen molar-refractivity contribution in [2.45, 2.75) is 18.2 Å². The first-order chi connectivity index (χ1) is 7.77. The van der Waals surface area contributed by atoms with E-state index in [0.717, 1.165) is 18.4 Å². The zero-order valence-electron chi connectivity index (χ0n) is 9.44. The molecule has 1 aromatic rings. The van der Waals surface area contributed by atoms with Crippen LogP contribution >= 0.6 is 0 Å². The minimum Gasteiger partial charge on any atom is -0.271 e. The molecule has 4 nitrogen and oxygen atoms in total. The highest BCUT2D eigenvalue weighted by Gasteiger charge is 2.27. The molecule has 0 saturated carbocycles. The van der Waals surface area contributed by atoms with Crippen molar-refractivity contribution >= 4 is 9.84 Å². The Labute approximate surface area is 98.7 Å². The molecule has 0 aliphatic rings. The number of sulfone groups is 1. The van der Waals surface area contributed by atoms with Crippen molar-refractivity contribution in [1.82, 2.24) is 5.43 Å². The molecular weight excluding hydrogens is 250 g/mol. The number of hydrogen-bond donors (Lipinski definition) is 2. The summed E-state index contributed by atoms with van der Waals surface area (Å²) in [5.74, 6) is 3.23. The molecule has 17 heavy (non-hydrogen) atoms. The number of hydrogen-bond acceptors (Lipinski definition) is 4. The van der Waals surface area contributed by atoms with Gasteiger partial charge in [-0.25, -0.2) is 17.2 Å². The van der Waals surface area contributed by atoms with E-state index < -0.39 is 32.8 Å². The maximum atomic E-state index is 13.0. The summed E-state index contributed by atoms with van der Waals surface area (Å²) in [4.78, 5) is 0. The first-order valence-electron chi connectivity index (χ1n) is 4.87. The summed E-state index contributed by atoms with van der Waals surface area (Å²) in [6.45, 7) is 1.45. The number of rotatable bonds is 4. The summed E-state index contributed by atoms with van der Waals surface area (Å²) in [5, 5.41) is -0.850. The Kier molecular flexibility index (Phi) is 4.18. The van der Waals surface area contributed by atoms with Crippen LogP contribution in [0, 0.1) is 11.6 Å². The van der Waals surface area contributed by atoms with E-state index in [4.69, 9.17) is 5.84 Å². The largest absolute Gasteiger partial charge is 0.271 e. The molecule has 0 aromatic heterocycles. The first kappa shape index (κ1) is 14.0. The summed E-state index contributed by atoms with van der Waals surface area (Å²) >= 11 is 0. The van der Waals surface area contributed by atoms with E-state index in [1.54, 1.807) is 0 Å². The molecule has 0 fully saturated rings. The van der Waals surface area contributed by atoms with Gasteiger partial charge in [0.15, 0.2) is 21.5 Å². The van der Waals surface area contributed by atoms with E-state index in [0.29, 0.717) is 0 Å². The molecule has 1 aromatic carbocycles. The van der Waals surface area contributed by atoms with Gasteiger partial charge in [0.1, 0.15) is 0 Å². The van der Waals surface area contributed by atoms with Crippen LogP contribution in [0.1, 0.15) is 18.5 Å². The maximum Gasteiger partial charge on any atom is 0.159 e. The van der Waals surface area contributed by atoms with Crippen LogP contribution in [-0.2, 0) is 9.84 Å². The van der Waals surface area contributed by atoms with Crippen molar-refractivity contribution in [1.29, 1.82) is 0 Å². The van der Waals surface area contributed by atoms with Gasteiger partial charge in [0, 0.05) is 6.26 Å². The molecule has 0 radical (unpaired) electrons. The lowest BCUT2D eigenvalue weighted by atomic mass is 10.0. The van der Waals surface area contributed by atoms with Crippen LogP contribution in [0.15, 0.2) is 18.2 Å². The van der Waals surface area contributed by atoms with Crippen molar-refractivity contribution < 1.29 is 17.2 Å². The second-order valence-corrected chi connectivity index (χ2v) is 6.26. The quantitative estimate of drug-likeness (QED) is 0.626. The Morgan fingerprint density at radius 1 is 1.29 bits per heavy atom. The molecule has 0 amide bonds. The second kappa shape index (κ2) is 5.07. The number of halogens is 2. The first-order valence-corrected chi connectivity index (χ1v) is 6.82. The third-order valence-electron chi connectivity index (χ3n) is 2.63. The average molecular weight is 264 g/mol. The lowest BCUT2D eigenvalue weighted by molar-refractivity contribution is 0.489. The zero-order chi connectivity index (χ0) is 13.2. The van der Waals surface area contributed by atoms with Crippen LogP contribution < -0.4 is 11.3 Å². The normalized spacial score (nSPS) is 15.6. The molecule has 0 saturated heterocycles. The van der Waals surface area contributed by atoms with Crippen molar-refractivity contribution in [2.24, 2.45) is 5.84 Å². The lowest BCUT2D eigenvalue weighted by Gasteiger charge is -2.22. The molecule has 0 aliphatic carbocycles. The fraction of sp³-hybridized carbons (Fsp3) is 0.400. The molecule has 2 unspecified atom stereocenters. The molecule has 2 atom stereocenters. The van der Waals surface area contributed by atoms with Crippen molar-refractivity contribution in [3.8, 4) is 0 Å². The number of nitrogens with one attached hydrogen (secondary N) is 1. The molecule has 96 valence electrons. The monoisotopic (exact) mass is 264 g/mol. The Balaban J connectivity index is 3.14. The van der Waals surface area contributed by atoms with Gasteiger partial charge in [0.25, 0.3) is 0 Å². The van der Waals surface area contributed by atoms with Gasteiger partial charge in [-0.15, -0.1) is 0 Å². The minimum absolute atomic E-state index is 0.282. The van der Waals surface area contributed by atoms with Gasteiger partial charge in [0.2, 0.25) is 0 Å². The summed E-state index contributed by atoms with van der Waals surface area (Å²) in [6, 6.07) is 2.37. The molecule has 7 heteroatoms. The predicted molar refractivity (Wildman–Crippen MR) is 60.7 cm³/mol. The Bertz CT molecular complexity index is 505. The minimum atomic E-state index is -3.34. The molecule has 0 spiro atoms. The summed E-state index contributed by atoms with van der Waals surface area (Å²) in [5.41, 5.74) is 2.58. The lowest BCUT2D eigenvalue weighted by Crippen LogP contribution is -2.38. The predicted octanol–water partition coefficient (Wildman–Crippen LogP) is 0.902. The van der Waals surface area contributed by atoms with Gasteiger partial charge >= 0.3 is 0 Å². The van der Waals surface area contributed by atoms with E-state index in [9.17, 15) is 17.2 Å². The van der Waals surface area contributed by atoms with Gasteiger partial charge in [-0.3, -0.25) is 11.3 Å². The topological polar surface area (TPSA) is 72.2 Å². The van der Waals surface area contributed by atoms with E-state index in [1.807, 2.05) is 0 Å². The molecule has 3 N–H and O–H groups in total. The van der Waals surface area contributed by atoms with Crippen molar-refractivity contribution in [2.75, 3.05) is 6.26 Å². The molecular formula is C10H14F2N2O2S. The fourth-order valence-corrected chi connectivity index (χ4v) is 2.19. The van der Waals surface area contributed by atoms with Crippen LogP contribution in [0.5, 0.6) is 0 Å². The number of benzene rings is 1. The summed E-state index contributed by atoms with van der Waals surface area (Å²) in [7, 11) is -3.34. The van der Waals surface area contributed by atoms with E-state index in [2.05, 4.69) is 5.43 Å².